The summed E-state index contributed by atoms with van der Waals surface area (Å²) in [5.41, 5.74) is 4.05. The van der Waals surface area contributed by atoms with E-state index >= 15 is 0 Å². The van der Waals surface area contributed by atoms with Crippen LogP contribution < -0.4 is 0 Å². The zero-order valence-corrected chi connectivity index (χ0v) is 19.9. The van der Waals surface area contributed by atoms with Gasteiger partial charge in [0.05, 0.1) is 18.4 Å². The van der Waals surface area contributed by atoms with Gasteiger partial charge in [-0.2, -0.15) is 0 Å². The maximum absolute atomic E-state index is 13.0. The van der Waals surface area contributed by atoms with E-state index in [-0.39, 0.29) is 5.75 Å². The molecule has 2 aromatic heterocycles. The first kappa shape index (κ1) is 22.6. The standard InChI is InChI=1S/C26H23NO5S2/c28-25(29)15-26(13-1-2-14-34(26,30)31)24-12-11-23(33-24)21-9-5-19(6-10-21)18-3-7-20(8-4-18)22-16-27-17-32-22/h3-12,16-17H,1-2,13-15H2,(H,28,29)/t26-/m0/s1. The Morgan fingerprint density at radius 3 is 2.18 bits per heavy atom. The van der Waals surface area contributed by atoms with Gasteiger partial charge in [0.15, 0.2) is 22.0 Å². The molecule has 0 amide bonds. The molecule has 8 heteroatoms. The number of carbonyl (C=O) groups is 1. The molecule has 174 valence electrons. The fraction of sp³-hybridized carbons (Fsp3) is 0.231. The van der Waals surface area contributed by atoms with Gasteiger partial charge in [0.2, 0.25) is 0 Å². The van der Waals surface area contributed by atoms with Crippen LogP contribution in [-0.2, 0) is 19.4 Å². The summed E-state index contributed by atoms with van der Waals surface area (Å²) in [6.07, 6.45) is 4.35. The van der Waals surface area contributed by atoms with E-state index in [4.69, 9.17) is 4.42 Å². The molecule has 1 aliphatic heterocycles. The van der Waals surface area contributed by atoms with Crippen molar-refractivity contribution in [2.75, 3.05) is 5.75 Å². The van der Waals surface area contributed by atoms with Gasteiger partial charge in [-0.25, -0.2) is 13.4 Å². The zero-order chi connectivity index (χ0) is 23.8. The number of carboxylic acids is 1. The molecule has 1 aliphatic rings. The van der Waals surface area contributed by atoms with E-state index in [1.807, 2.05) is 54.6 Å². The Labute approximate surface area is 201 Å². The Morgan fingerprint density at radius 2 is 1.59 bits per heavy atom. The molecule has 0 unspecified atom stereocenters. The lowest BCUT2D eigenvalue weighted by molar-refractivity contribution is -0.137. The number of oxazole rings is 1. The van der Waals surface area contributed by atoms with Gasteiger partial charge in [-0.05, 0) is 41.7 Å². The quantitative estimate of drug-likeness (QED) is 0.353. The fourth-order valence-electron chi connectivity index (χ4n) is 4.61. The largest absolute Gasteiger partial charge is 0.481 e. The highest BCUT2D eigenvalue weighted by atomic mass is 32.2. The third-order valence-electron chi connectivity index (χ3n) is 6.44. The number of rotatable bonds is 6. The second-order valence-corrected chi connectivity index (χ2v) is 12.0. The molecule has 0 saturated carbocycles. The van der Waals surface area contributed by atoms with Crippen molar-refractivity contribution in [3.05, 3.63) is 78.1 Å². The van der Waals surface area contributed by atoms with Gasteiger partial charge in [-0.3, -0.25) is 4.79 Å². The molecular weight excluding hydrogens is 470 g/mol. The number of sulfone groups is 1. The molecule has 34 heavy (non-hydrogen) atoms. The first-order valence-corrected chi connectivity index (χ1v) is 13.5. The highest BCUT2D eigenvalue weighted by Crippen LogP contribution is 2.47. The predicted molar refractivity (Wildman–Crippen MR) is 132 cm³/mol. The summed E-state index contributed by atoms with van der Waals surface area (Å²) in [5.74, 6) is -0.326. The average Bonchev–Trinajstić information content (AvgIpc) is 3.53. The summed E-state index contributed by atoms with van der Waals surface area (Å²) >= 11 is 1.38. The second kappa shape index (κ2) is 8.85. The van der Waals surface area contributed by atoms with Crippen LogP contribution in [0.15, 0.2) is 77.7 Å². The van der Waals surface area contributed by atoms with Gasteiger partial charge in [-0.1, -0.05) is 55.0 Å². The van der Waals surface area contributed by atoms with Gasteiger partial charge >= 0.3 is 5.97 Å². The summed E-state index contributed by atoms with van der Waals surface area (Å²) in [4.78, 5) is 17.1. The minimum Gasteiger partial charge on any atom is -0.481 e. The van der Waals surface area contributed by atoms with Crippen LogP contribution in [0.5, 0.6) is 0 Å². The van der Waals surface area contributed by atoms with Crippen molar-refractivity contribution in [2.24, 2.45) is 0 Å². The molecule has 2 aromatic carbocycles. The number of hydrogen-bond donors (Lipinski definition) is 1. The molecule has 5 rings (SSSR count). The number of thiophene rings is 1. The lowest BCUT2D eigenvalue weighted by Crippen LogP contribution is -2.41. The minimum atomic E-state index is -3.55. The lowest BCUT2D eigenvalue weighted by atomic mass is 9.95. The van der Waals surface area contributed by atoms with Gasteiger partial charge < -0.3 is 9.52 Å². The van der Waals surface area contributed by atoms with Crippen molar-refractivity contribution in [1.82, 2.24) is 4.98 Å². The Bertz CT molecular complexity index is 1400. The monoisotopic (exact) mass is 493 g/mol. The van der Waals surface area contributed by atoms with Crippen molar-refractivity contribution >= 4 is 27.1 Å². The van der Waals surface area contributed by atoms with Crippen molar-refractivity contribution in [2.45, 2.75) is 30.4 Å². The molecule has 1 atom stereocenters. The van der Waals surface area contributed by atoms with Gasteiger partial charge in [0, 0.05) is 15.3 Å². The van der Waals surface area contributed by atoms with Gasteiger partial charge in [-0.15, -0.1) is 11.3 Å². The average molecular weight is 494 g/mol. The summed E-state index contributed by atoms with van der Waals surface area (Å²) < 4.78 is 30.0. The highest BCUT2D eigenvalue weighted by Gasteiger charge is 2.49. The van der Waals surface area contributed by atoms with E-state index in [0.29, 0.717) is 24.1 Å². The summed E-state index contributed by atoms with van der Waals surface area (Å²) in [7, 11) is -3.55. The van der Waals surface area contributed by atoms with E-state index in [9.17, 15) is 18.3 Å². The van der Waals surface area contributed by atoms with Crippen molar-refractivity contribution in [3.63, 3.8) is 0 Å². The number of nitrogens with zero attached hydrogens (tertiary/aromatic N) is 1. The molecule has 0 bridgehead atoms. The van der Waals surface area contributed by atoms with Crippen LogP contribution in [0.25, 0.3) is 32.9 Å². The minimum absolute atomic E-state index is 0.0391. The fourth-order valence-corrected chi connectivity index (χ4v) is 8.39. The summed E-state index contributed by atoms with van der Waals surface area (Å²) in [5, 5.41) is 9.49. The zero-order valence-electron chi connectivity index (χ0n) is 18.3. The van der Waals surface area contributed by atoms with Gasteiger partial charge in [0.25, 0.3) is 0 Å². The van der Waals surface area contributed by atoms with E-state index < -0.39 is 27.0 Å². The molecular formula is C26H23NO5S2. The van der Waals surface area contributed by atoms with Crippen LogP contribution in [0.3, 0.4) is 0 Å². The first-order valence-electron chi connectivity index (χ1n) is 11.0. The Balaban J connectivity index is 1.41. The van der Waals surface area contributed by atoms with Crippen molar-refractivity contribution in [1.29, 1.82) is 0 Å². The second-order valence-electron chi connectivity index (χ2n) is 8.53. The topological polar surface area (TPSA) is 97.5 Å². The third-order valence-corrected chi connectivity index (χ3v) is 10.5. The van der Waals surface area contributed by atoms with Crippen LogP contribution >= 0.6 is 11.3 Å². The predicted octanol–water partition coefficient (Wildman–Crippen LogP) is 6.01. The molecule has 6 nitrogen and oxygen atoms in total. The smallest absolute Gasteiger partial charge is 0.305 e. The maximum atomic E-state index is 13.0. The maximum Gasteiger partial charge on any atom is 0.305 e. The Morgan fingerprint density at radius 1 is 0.941 bits per heavy atom. The molecule has 1 N–H and O–H groups in total. The summed E-state index contributed by atoms with van der Waals surface area (Å²) in [6, 6.07) is 19.8. The number of benzene rings is 2. The lowest BCUT2D eigenvalue weighted by Gasteiger charge is -2.34. The molecule has 4 aromatic rings. The van der Waals surface area contributed by atoms with Crippen LogP contribution in [0, 0.1) is 0 Å². The van der Waals surface area contributed by atoms with E-state index in [0.717, 1.165) is 32.9 Å². The van der Waals surface area contributed by atoms with Crippen molar-refractivity contribution < 1.29 is 22.7 Å². The number of aliphatic carboxylic acids is 1. The first-order chi connectivity index (χ1) is 16.4. The molecule has 3 heterocycles. The van der Waals surface area contributed by atoms with Crippen LogP contribution in [0.4, 0.5) is 0 Å². The molecule has 0 spiro atoms. The Kier molecular flexibility index (Phi) is 5.87. The Hall–Kier alpha value is -3.23. The van der Waals surface area contributed by atoms with Gasteiger partial charge in [0.1, 0.15) is 4.75 Å². The SMILES string of the molecule is O=C(O)C[C@]1(c2ccc(-c3ccc(-c4ccc(-c5cnco5)cc4)cc3)s2)CCCCS1(=O)=O. The molecule has 1 fully saturated rings. The molecule has 0 aliphatic carbocycles. The number of carboxylic acid groups (broad SMARTS) is 1. The molecule has 1 saturated heterocycles. The van der Waals surface area contributed by atoms with E-state index in [1.165, 1.54) is 17.7 Å². The number of aromatic nitrogens is 1. The summed E-state index contributed by atoms with van der Waals surface area (Å²) in [6.45, 7) is 0. The van der Waals surface area contributed by atoms with Crippen molar-refractivity contribution in [3.8, 4) is 32.9 Å². The third kappa shape index (κ3) is 4.08. The van der Waals surface area contributed by atoms with E-state index in [1.54, 1.807) is 12.3 Å². The number of hydrogen-bond acceptors (Lipinski definition) is 6. The van der Waals surface area contributed by atoms with E-state index in [2.05, 4.69) is 4.98 Å². The van der Waals surface area contributed by atoms with Crippen LogP contribution in [0.2, 0.25) is 0 Å². The highest BCUT2D eigenvalue weighted by molar-refractivity contribution is 7.92. The van der Waals surface area contributed by atoms with Crippen LogP contribution in [-0.4, -0.2) is 30.2 Å². The van der Waals surface area contributed by atoms with Crippen LogP contribution in [0.1, 0.15) is 30.6 Å². The normalized spacial score (nSPS) is 19.6. The molecule has 0 radical (unpaired) electrons.